The number of aromatic nitrogens is 1. The van der Waals surface area contributed by atoms with E-state index >= 15 is 0 Å². The monoisotopic (exact) mass is 297 g/mol. The molecule has 5 heteroatoms. The number of thiazole rings is 1. The fourth-order valence-electron chi connectivity index (χ4n) is 2.12. The van der Waals surface area contributed by atoms with Crippen LogP contribution in [0.25, 0.3) is 0 Å². The molecule has 3 nitrogen and oxygen atoms in total. The third kappa shape index (κ3) is 5.15. The second-order valence-corrected chi connectivity index (χ2v) is 8.54. The molecule has 0 spiro atoms. The summed E-state index contributed by atoms with van der Waals surface area (Å²) in [5.41, 5.74) is 1.57. The number of nitrogens with zero attached hydrogens (tertiary/aromatic N) is 2. The lowest BCUT2D eigenvalue weighted by Gasteiger charge is -2.21. The van der Waals surface area contributed by atoms with E-state index in [4.69, 9.17) is 0 Å². The molecule has 19 heavy (non-hydrogen) atoms. The number of thioether (sulfide) groups is 1. The Bertz CT molecular complexity index is 446. The van der Waals surface area contributed by atoms with Crippen LogP contribution in [0.4, 0.5) is 0 Å². The second kappa shape index (κ2) is 6.27. The maximum absolute atomic E-state index is 4.59. The normalized spacial score (nSPS) is 19.6. The topological polar surface area (TPSA) is 37.3 Å². The average Bonchev–Trinajstić information content (AvgIpc) is 2.86. The quantitative estimate of drug-likeness (QED) is 0.924. The summed E-state index contributed by atoms with van der Waals surface area (Å²) in [4.78, 5) is 9.06. The summed E-state index contributed by atoms with van der Waals surface area (Å²) in [6, 6.07) is 0. The first-order chi connectivity index (χ1) is 8.92. The van der Waals surface area contributed by atoms with Crippen molar-refractivity contribution in [2.75, 3.05) is 13.1 Å². The zero-order valence-corrected chi connectivity index (χ0v) is 13.8. The van der Waals surface area contributed by atoms with Gasteiger partial charge >= 0.3 is 0 Å². The van der Waals surface area contributed by atoms with Crippen molar-refractivity contribution in [1.82, 2.24) is 10.3 Å². The summed E-state index contributed by atoms with van der Waals surface area (Å²) < 4.78 is 0. The fourth-order valence-corrected chi connectivity index (χ4v) is 4.15. The van der Waals surface area contributed by atoms with Crippen molar-refractivity contribution in [3.8, 4) is 0 Å². The van der Waals surface area contributed by atoms with E-state index in [0.717, 1.165) is 29.7 Å². The molecular formula is C14H23N3S2. The van der Waals surface area contributed by atoms with Gasteiger partial charge in [-0.15, -0.1) is 11.3 Å². The van der Waals surface area contributed by atoms with Gasteiger partial charge in [0.15, 0.2) is 5.17 Å². The van der Waals surface area contributed by atoms with Gasteiger partial charge in [0.1, 0.15) is 0 Å². The molecule has 1 unspecified atom stereocenters. The van der Waals surface area contributed by atoms with Crippen LogP contribution in [0.5, 0.6) is 0 Å². The lowest BCUT2D eigenvalue weighted by atomic mass is 9.90. The molecule has 1 aromatic heterocycles. The first-order valence-corrected chi connectivity index (χ1v) is 8.54. The summed E-state index contributed by atoms with van der Waals surface area (Å²) in [5, 5.41) is 8.48. The Kier molecular flexibility index (Phi) is 4.90. The molecule has 2 heterocycles. The highest BCUT2D eigenvalue weighted by Gasteiger charge is 2.24. The van der Waals surface area contributed by atoms with Crippen molar-refractivity contribution in [1.29, 1.82) is 0 Å². The van der Waals surface area contributed by atoms with Gasteiger partial charge in [0.05, 0.1) is 17.2 Å². The molecule has 1 aromatic rings. The van der Waals surface area contributed by atoms with Gasteiger partial charge in [-0.2, -0.15) is 0 Å². The average molecular weight is 297 g/mol. The van der Waals surface area contributed by atoms with Gasteiger partial charge < -0.3 is 5.32 Å². The zero-order valence-electron chi connectivity index (χ0n) is 12.2. The maximum atomic E-state index is 4.59. The fraction of sp³-hybridized carbons (Fsp3) is 0.714. The predicted molar refractivity (Wildman–Crippen MR) is 86.3 cm³/mol. The zero-order chi connectivity index (χ0) is 13.9. The molecule has 1 N–H and O–H groups in total. The predicted octanol–water partition coefficient (Wildman–Crippen LogP) is 3.49. The molecule has 1 atom stereocenters. The molecule has 0 aromatic carbocycles. The van der Waals surface area contributed by atoms with Crippen molar-refractivity contribution in [2.24, 2.45) is 10.4 Å². The number of amidine groups is 1. The third-order valence-corrected chi connectivity index (χ3v) is 4.85. The van der Waals surface area contributed by atoms with Crippen LogP contribution in [0, 0.1) is 12.3 Å². The highest BCUT2D eigenvalue weighted by atomic mass is 32.2. The van der Waals surface area contributed by atoms with E-state index in [1.807, 2.05) is 11.8 Å². The Labute approximate surface area is 124 Å². The van der Waals surface area contributed by atoms with E-state index < -0.39 is 0 Å². The van der Waals surface area contributed by atoms with E-state index in [2.05, 4.69) is 48.4 Å². The van der Waals surface area contributed by atoms with Gasteiger partial charge in [0.25, 0.3) is 0 Å². The molecule has 0 amide bonds. The van der Waals surface area contributed by atoms with E-state index in [1.54, 1.807) is 11.3 Å². The second-order valence-electron chi connectivity index (χ2n) is 6.19. The number of nitrogens with one attached hydrogen (secondary N) is 1. The minimum absolute atomic E-state index is 0.390. The van der Waals surface area contributed by atoms with Crippen molar-refractivity contribution < 1.29 is 0 Å². The highest BCUT2D eigenvalue weighted by Crippen LogP contribution is 2.31. The minimum atomic E-state index is 0.390. The van der Waals surface area contributed by atoms with Gasteiger partial charge in [-0.3, -0.25) is 4.99 Å². The van der Waals surface area contributed by atoms with Crippen LogP contribution in [0.15, 0.2) is 10.4 Å². The Morgan fingerprint density at radius 3 is 2.84 bits per heavy atom. The number of aryl methyl sites for hydroxylation is 1. The molecule has 1 aliphatic rings. The van der Waals surface area contributed by atoms with Crippen molar-refractivity contribution in [2.45, 2.75) is 45.8 Å². The minimum Gasteiger partial charge on any atom is -0.365 e. The van der Waals surface area contributed by atoms with Crippen molar-refractivity contribution >= 4 is 28.3 Å². The van der Waals surface area contributed by atoms with Gasteiger partial charge in [-0.25, -0.2) is 4.98 Å². The maximum Gasteiger partial charge on any atom is 0.156 e. The summed E-state index contributed by atoms with van der Waals surface area (Å²) in [6.07, 6.45) is 2.20. The van der Waals surface area contributed by atoms with E-state index in [0.29, 0.717) is 10.7 Å². The third-order valence-electron chi connectivity index (χ3n) is 2.88. The van der Waals surface area contributed by atoms with Crippen LogP contribution in [0.1, 0.15) is 37.9 Å². The molecule has 0 aliphatic carbocycles. The first kappa shape index (κ1) is 14.9. The van der Waals surface area contributed by atoms with Crippen LogP contribution >= 0.6 is 23.1 Å². The Morgan fingerprint density at radius 2 is 2.21 bits per heavy atom. The molecule has 0 saturated carbocycles. The summed E-state index contributed by atoms with van der Waals surface area (Å²) in [7, 11) is 0. The van der Waals surface area contributed by atoms with Crippen molar-refractivity contribution in [3.05, 3.63) is 16.1 Å². The van der Waals surface area contributed by atoms with Crippen LogP contribution < -0.4 is 5.32 Å². The number of aliphatic imine (C=N–C) groups is 1. The van der Waals surface area contributed by atoms with E-state index in [-0.39, 0.29) is 0 Å². The summed E-state index contributed by atoms with van der Waals surface area (Å²) >= 11 is 3.62. The van der Waals surface area contributed by atoms with Crippen LogP contribution in [0.3, 0.4) is 0 Å². The summed E-state index contributed by atoms with van der Waals surface area (Å²) in [5.74, 6) is 0. The van der Waals surface area contributed by atoms with E-state index in [1.165, 1.54) is 12.1 Å². The number of hydrogen-bond donors (Lipinski definition) is 1. The Balaban J connectivity index is 1.68. The van der Waals surface area contributed by atoms with Crippen LogP contribution in [0.2, 0.25) is 0 Å². The highest BCUT2D eigenvalue weighted by molar-refractivity contribution is 8.14. The lowest BCUT2D eigenvalue weighted by molar-refractivity contribution is 0.375. The lowest BCUT2D eigenvalue weighted by Crippen LogP contribution is -2.23. The largest absolute Gasteiger partial charge is 0.365 e. The smallest absolute Gasteiger partial charge is 0.156 e. The molecule has 0 saturated heterocycles. The number of rotatable bonds is 4. The van der Waals surface area contributed by atoms with Crippen LogP contribution in [-0.4, -0.2) is 28.5 Å². The SMILES string of the molecule is Cc1nc(CCNC2=NCC(CC(C)(C)C)S2)cs1. The molecule has 2 rings (SSSR count). The summed E-state index contributed by atoms with van der Waals surface area (Å²) in [6.45, 7) is 10.8. The van der Waals surface area contributed by atoms with Gasteiger partial charge in [-0.05, 0) is 18.8 Å². The number of hydrogen-bond acceptors (Lipinski definition) is 5. The Morgan fingerprint density at radius 1 is 1.42 bits per heavy atom. The molecular weight excluding hydrogens is 274 g/mol. The standard InChI is InChI=1S/C14H23N3S2/c1-10-17-11(9-18-10)5-6-15-13-16-8-12(19-13)7-14(2,3)4/h9,12H,5-8H2,1-4H3,(H,15,16). The molecule has 0 bridgehead atoms. The van der Waals surface area contributed by atoms with Crippen molar-refractivity contribution in [3.63, 3.8) is 0 Å². The molecule has 0 radical (unpaired) electrons. The first-order valence-electron chi connectivity index (χ1n) is 6.78. The molecule has 1 aliphatic heterocycles. The van der Waals surface area contributed by atoms with E-state index in [9.17, 15) is 0 Å². The Hall–Kier alpha value is -0.550. The van der Waals surface area contributed by atoms with Crippen LogP contribution in [-0.2, 0) is 6.42 Å². The molecule has 0 fully saturated rings. The van der Waals surface area contributed by atoms with Gasteiger partial charge in [0, 0.05) is 23.6 Å². The van der Waals surface area contributed by atoms with Gasteiger partial charge in [0.2, 0.25) is 0 Å². The van der Waals surface area contributed by atoms with Gasteiger partial charge in [-0.1, -0.05) is 32.5 Å². The molecule has 106 valence electrons.